The van der Waals surface area contributed by atoms with E-state index in [9.17, 15) is 0 Å². The van der Waals surface area contributed by atoms with Crippen LogP contribution in [0.1, 0.15) is 6.42 Å². The average molecular weight is 458 g/mol. The maximum atomic E-state index is 6.57. The van der Waals surface area contributed by atoms with Crippen LogP contribution in [0, 0.1) is 0 Å². The summed E-state index contributed by atoms with van der Waals surface area (Å²) in [6.07, 6.45) is 6.57. The van der Waals surface area contributed by atoms with Crippen molar-refractivity contribution in [3.63, 3.8) is 0 Å². The Morgan fingerprint density at radius 2 is 2.00 bits per heavy atom. The van der Waals surface area contributed by atoms with E-state index in [0.717, 1.165) is 69.0 Å². The number of anilines is 2. The van der Waals surface area contributed by atoms with Gasteiger partial charge in [-0.15, -0.1) is 11.3 Å². The van der Waals surface area contributed by atoms with Gasteiger partial charge in [-0.25, -0.2) is 15.0 Å². The zero-order valence-electron chi connectivity index (χ0n) is 18.4. The number of likely N-dealkylation sites (N-methyl/N-ethyl adjacent to an activating group) is 1. The molecule has 1 aliphatic rings. The quantitative estimate of drug-likeness (QED) is 0.417. The molecular formula is C24H23N7OS. The number of benzene rings is 2. The van der Waals surface area contributed by atoms with Crippen molar-refractivity contribution in [2.75, 3.05) is 25.5 Å². The summed E-state index contributed by atoms with van der Waals surface area (Å²) in [5.41, 5.74) is 6.68. The van der Waals surface area contributed by atoms with Gasteiger partial charge in [-0.1, -0.05) is 0 Å². The van der Waals surface area contributed by atoms with Gasteiger partial charge in [-0.2, -0.15) is 5.10 Å². The van der Waals surface area contributed by atoms with Crippen LogP contribution in [0.4, 0.5) is 11.5 Å². The lowest BCUT2D eigenvalue weighted by atomic mass is 10.1. The van der Waals surface area contributed by atoms with E-state index in [0.29, 0.717) is 0 Å². The molecule has 4 heterocycles. The van der Waals surface area contributed by atoms with Crippen molar-refractivity contribution >= 4 is 44.0 Å². The second-order valence-electron chi connectivity index (χ2n) is 8.44. The number of likely N-dealkylation sites (tertiary alicyclic amines) is 1. The van der Waals surface area contributed by atoms with Gasteiger partial charge >= 0.3 is 0 Å². The number of hydrogen-bond donors (Lipinski definition) is 1. The fourth-order valence-corrected chi connectivity index (χ4v) is 5.03. The molecule has 1 fully saturated rings. The summed E-state index contributed by atoms with van der Waals surface area (Å²) in [7, 11) is 4.04. The van der Waals surface area contributed by atoms with Crippen LogP contribution in [0.2, 0.25) is 0 Å². The third-order valence-electron chi connectivity index (χ3n) is 5.98. The second-order valence-corrected chi connectivity index (χ2v) is 9.33. The van der Waals surface area contributed by atoms with Crippen molar-refractivity contribution < 1.29 is 4.74 Å². The van der Waals surface area contributed by atoms with Gasteiger partial charge in [0.05, 0.1) is 32.8 Å². The molecule has 3 aromatic heterocycles. The number of nitrogens with zero attached hydrogens (tertiary/aromatic N) is 6. The van der Waals surface area contributed by atoms with Gasteiger partial charge in [0.2, 0.25) is 0 Å². The summed E-state index contributed by atoms with van der Waals surface area (Å²) in [6, 6.07) is 10.3. The molecule has 6 rings (SSSR count). The molecule has 0 spiro atoms. The van der Waals surface area contributed by atoms with E-state index < -0.39 is 0 Å². The van der Waals surface area contributed by atoms with Crippen molar-refractivity contribution in [2.24, 2.45) is 7.05 Å². The Morgan fingerprint density at radius 1 is 1.06 bits per heavy atom. The number of rotatable bonds is 5. The van der Waals surface area contributed by atoms with Gasteiger partial charge in [0.25, 0.3) is 0 Å². The third-order valence-corrected chi connectivity index (χ3v) is 6.77. The molecule has 1 atom stereocenters. The number of ether oxygens (including phenoxy) is 1. The molecule has 0 unspecified atom stereocenters. The molecule has 8 nitrogen and oxygen atoms in total. The molecule has 5 aromatic rings. The van der Waals surface area contributed by atoms with Crippen molar-refractivity contribution in [3.8, 4) is 16.9 Å². The highest BCUT2D eigenvalue weighted by atomic mass is 32.1. The van der Waals surface area contributed by atoms with Gasteiger partial charge in [0.15, 0.2) is 0 Å². The lowest BCUT2D eigenvalue weighted by molar-refractivity contribution is 0.211. The summed E-state index contributed by atoms with van der Waals surface area (Å²) in [6.45, 7) is 1.93. The van der Waals surface area contributed by atoms with Crippen molar-refractivity contribution in [1.29, 1.82) is 0 Å². The Kier molecular flexibility index (Phi) is 4.92. The molecule has 0 aliphatic carbocycles. The molecule has 2 aromatic carbocycles. The van der Waals surface area contributed by atoms with E-state index in [1.165, 1.54) is 0 Å². The minimum atomic E-state index is 0.129. The highest BCUT2D eigenvalue weighted by Crippen LogP contribution is 2.37. The van der Waals surface area contributed by atoms with Crippen LogP contribution >= 0.6 is 11.3 Å². The van der Waals surface area contributed by atoms with Gasteiger partial charge in [-0.3, -0.25) is 4.68 Å². The first-order chi connectivity index (χ1) is 16.1. The van der Waals surface area contributed by atoms with Gasteiger partial charge in [0, 0.05) is 37.6 Å². The van der Waals surface area contributed by atoms with Crippen molar-refractivity contribution in [3.05, 3.63) is 54.6 Å². The SMILES string of the molecule is CN1CC[C@@H](Oc2cc(-c3cnn(C)c3)cc3ncnc(Nc4ccc5ncsc5c4)c23)C1. The number of aryl methyl sites for hydroxylation is 1. The first kappa shape index (κ1) is 20.1. The Labute approximate surface area is 194 Å². The van der Waals surface area contributed by atoms with Crippen LogP contribution < -0.4 is 10.1 Å². The first-order valence-corrected chi connectivity index (χ1v) is 11.7. The lowest BCUT2D eigenvalue weighted by Gasteiger charge is -2.18. The monoisotopic (exact) mass is 457 g/mol. The number of hydrogen-bond acceptors (Lipinski definition) is 8. The Hall–Kier alpha value is -3.56. The predicted molar refractivity (Wildman–Crippen MR) is 131 cm³/mol. The molecule has 1 N–H and O–H groups in total. The molecule has 0 bridgehead atoms. The molecule has 1 aliphatic heterocycles. The lowest BCUT2D eigenvalue weighted by Crippen LogP contribution is -2.21. The zero-order valence-corrected chi connectivity index (χ0v) is 19.2. The molecule has 1 saturated heterocycles. The van der Waals surface area contributed by atoms with E-state index in [1.54, 1.807) is 22.3 Å². The largest absolute Gasteiger partial charge is 0.488 e. The molecule has 9 heteroatoms. The van der Waals surface area contributed by atoms with Gasteiger partial charge < -0.3 is 15.0 Å². The van der Waals surface area contributed by atoms with Gasteiger partial charge in [0.1, 0.15) is 24.0 Å². The molecule has 33 heavy (non-hydrogen) atoms. The standard InChI is InChI=1S/C24H23N7OS/c1-30-6-5-18(12-30)32-21-8-15(16-10-28-31(2)11-16)7-20-23(21)24(26-13-25-20)29-17-3-4-19-22(9-17)33-14-27-19/h3-4,7-11,13-14,18H,5-6,12H2,1-2H3,(H,25,26,29)/t18-/m1/s1. The maximum absolute atomic E-state index is 6.57. The minimum absolute atomic E-state index is 0.129. The van der Waals surface area contributed by atoms with Crippen LogP contribution in [0.25, 0.3) is 32.2 Å². The van der Waals surface area contributed by atoms with Crippen LogP contribution in [-0.4, -0.2) is 55.9 Å². The fraction of sp³-hybridized carbons (Fsp3) is 0.250. The summed E-state index contributed by atoms with van der Waals surface area (Å²) in [4.78, 5) is 15.8. The topological polar surface area (TPSA) is 81.0 Å². The number of aromatic nitrogens is 5. The normalized spacial score (nSPS) is 16.6. The molecule has 0 amide bonds. The second kappa shape index (κ2) is 8.09. The average Bonchev–Trinajstić information content (AvgIpc) is 3.55. The first-order valence-electron chi connectivity index (χ1n) is 10.9. The minimum Gasteiger partial charge on any atom is -0.488 e. The smallest absolute Gasteiger partial charge is 0.145 e. The summed E-state index contributed by atoms with van der Waals surface area (Å²) < 4.78 is 9.49. The Morgan fingerprint density at radius 3 is 2.82 bits per heavy atom. The summed E-state index contributed by atoms with van der Waals surface area (Å²) in [5.74, 6) is 1.51. The van der Waals surface area contributed by atoms with Gasteiger partial charge in [-0.05, 0) is 49.4 Å². The Bertz CT molecular complexity index is 1460. The fourth-order valence-electron chi connectivity index (χ4n) is 4.32. The van der Waals surface area contributed by atoms with Crippen molar-refractivity contribution in [2.45, 2.75) is 12.5 Å². The summed E-state index contributed by atoms with van der Waals surface area (Å²) >= 11 is 1.62. The molecule has 0 radical (unpaired) electrons. The number of fused-ring (bicyclic) bond motifs is 2. The van der Waals surface area contributed by atoms with Crippen LogP contribution in [-0.2, 0) is 7.05 Å². The summed E-state index contributed by atoms with van der Waals surface area (Å²) in [5, 5.41) is 8.70. The number of nitrogens with one attached hydrogen (secondary N) is 1. The molecule has 166 valence electrons. The highest BCUT2D eigenvalue weighted by Gasteiger charge is 2.23. The zero-order chi connectivity index (χ0) is 22.4. The van der Waals surface area contributed by atoms with Crippen LogP contribution in [0.3, 0.4) is 0 Å². The van der Waals surface area contributed by atoms with E-state index >= 15 is 0 Å². The van der Waals surface area contributed by atoms with Crippen molar-refractivity contribution in [1.82, 2.24) is 29.6 Å². The van der Waals surface area contributed by atoms with Crippen LogP contribution in [0.15, 0.2) is 54.6 Å². The number of thiazole rings is 1. The van der Waals surface area contributed by atoms with Crippen LogP contribution in [0.5, 0.6) is 5.75 Å². The third kappa shape index (κ3) is 3.90. The molecule has 0 saturated carbocycles. The predicted octanol–water partition coefficient (Wildman–Crippen LogP) is 4.47. The molecular weight excluding hydrogens is 434 g/mol. The Balaban J connectivity index is 1.46. The van der Waals surface area contributed by atoms with E-state index in [2.05, 4.69) is 55.5 Å². The van der Waals surface area contributed by atoms with E-state index in [1.807, 2.05) is 37.1 Å². The van der Waals surface area contributed by atoms with E-state index in [4.69, 9.17) is 4.74 Å². The van der Waals surface area contributed by atoms with E-state index in [-0.39, 0.29) is 6.10 Å². The maximum Gasteiger partial charge on any atom is 0.145 e. The highest BCUT2D eigenvalue weighted by molar-refractivity contribution is 7.16.